The highest BCUT2D eigenvalue weighted by atomic mass is 19.1. The molecule has 1 saturated heterocycles. The van der Waals surface area contributed by atoms with E-state index in [0.717, 1.165) is 43.8 Å². The van der Waals surface area contributed by atoms with Gasteiger partial charge in [0.05, 0.1) is 6.20 Å². The standard InChI is InChI=1S/C23H27FN4O2/c24-22-11-6-7-18(23(22)29)15-27-13-5-4-8-20(27)12-14-28-16-19(25-26-28)17-30-21-9-2-1-3-10-21/h1-3,6-7,9-11,16,20,29H,4-5,8,12-15,17H2. The van der Waals surface area contributed by atoms with E-state index in [1.54, 1.807) is 12.1 Å². The molecular weight excluding hydrogens is 383 g/mol. The van der Waals surface area contributed by atoms with Gasteiger partial charge in [-0.25, -0.2) is 4.39 Å². The number of likely N-dealkylation sites (tertiary alicyclic amines) is 1. The lowest BCUT2D eigenvalue weighted by Gasteiger charge is -2.36. The first-order valence-electron chi connectivity index (χ1n) is 10.5. The number of aromatic nitrogens is 3. The van der Waals surface area contributed by atoms with Crippen molar-refractivity contribution in [2.24, 2.45) is 0 Å². The van der Waals surface area contributed by atoms with Crippen molar-refractivity contribution in [1.29, 1.82) is 0 Å². The van der Waals surface area contributed by atoms with Gasteiger partial charge in [-0.3, -0.25) is 9.58 Å². The maximum Gasteiger partial charge on any atom is 0.165 e. The lowest BCUT2D eigenvalue weighted by molar-refractivity contribution is 0.126. The van der Waals surface area contributed by atoms with E-state index in [0.29, 0.717) is 24.8 Å². The van der Waals surface area contributed by atoms with Gasteiger partial charge in [-0.2, -0.15) is 0 Å². The number of hydrogen-bond acceptors (Lipinski definition) is 5. The van der Waals surface area contributed by atoms with E-state index in [2.05, 4.69) is 15.2 Å². The van der Waals surface area contributed by atoms with E-state index in [4.69, 9.17) is 4.74 Å². The van der Waals surface area contributed by atoms with Crippen LogP contribution in [0.5, 0.6) is 11.5 Å². The Morgan fingerprint density at radius 1 is 1.10 bits per heavy atom. The molecule has 0 amide bonds. The number of halogens is 1. The van der Waals surface area contributed by atoms with E-state index in [1.807, 2.05) is 41.2 Å². The molecule has 30 heavy (non-hydrogen) atoms. The lowest BCUT2D eigenvalue weighted by Crippen LogP contribution is -2.39. The maximum absolute atomic E-state index is 13.7. The van der Waals surface area contributed by atoms with Crippen molar-refractivity contribution in [3.05, 3.63) is 71.8 Å². The smallest absolute Gasteiger partial charge is 0.165 e. The summed E-state index contributed by atoms with van der Waals surface area (Å²) in [5.41, 5.74) is 1.44. The summed E-state index contributed by atoms with van der Waals surface area (Å²) in [5.74, 6) is 0.0144. The molecule has 4 rings (SSSR count). The van der Waals surface area contributed by atoms with Gasteiger partial charge in [0.15, 0.2) is 11.6 Å². The number of benzene rings is 2. The topological polar surface area (TPSA) is 63.4 Å². The highest BCUT2D eigenvalue weighted by Gasteiger charge is 2.23. The summed E-state index contributed by atoms with van der Waals surface area (Å²) in [6.07, 6.45) is 6.25. The summed E-state index contributed by atoms with van der Waals surface area (Å²) in [6.45, 7) is 2.66. The molecule has 0 spiro atoms. The van der Waals surface area contributed by atoms with Crippen molar-refractivity contribution in [1.82, 2.24) is 19.9 Å². The van der Waals surface area contributed by atoms with Gasteiger partial charge in [0, 0.05) is 24.7 Å². The van der Waals surface area contributed by atoms with Crippen LogP contribution in [0.1, 0.15) is 36.9 Å². The van der Waals surface area contributed by atoms with Crippen molar-refractivity contribution in [3.63, 3.8) is 0 Å². The van der Waals surface area contributed by atoms with Crippen molar-refractivity contribution in [2.75, 3.05) is 6.54 Å². The molecule has 1 N–H and O–H groups in total. The van der Waals surface area contributed by atoms with Gasteiger partial charge >= 0.3 is 0 Å². The Kier molecular flexibility index (Phi) is 6.59. The first-order valence-corrected chi connectivity index (χ1v) is 10.5. The number of rotatable bonds is 8. The normalized spacial score (nSPS) is 17.2. The molecule has 2 aromatic carbocycles. The van der Waals surface area contributed by atoms with E-state index < -0.39 is 5.82 Å². The first-order chi connectivity index (χ1) is 14.7. The van der Waals surface area contributed by atoms with E-state index in [9.17, 15) is 9.50 Å². The van der Waals surface area contributed by atoms with Gasteiger partial charge in [0.25, 0.3) is 0 Å². The highest BCUT2D eigenvalue weighted by molar-refractivity contribution is 5.33. The Hall–Kier alpha value is -2.93. The molecule has 2 heterocycles. The number of phenols is 1. The van der Waals surface area contributed by atoms with Gasteiger partial charge in [-0.15, -0.1) is 5.10 Å². The molecule has 1 aromatic heterocycles. The molecular formula is C23H27FN4O2. The molecule has 1 atom stereocenters. The molecule has 1 aliphatic heterocycles. The SMILES string of the molecule is Oc1c(F)cccc1CN1CCCCC1CCn1cc(COc2ccccc2)nn1. The van der Waals surface area contributed by atoms with Crippen LogP contribution < -0.4 is 4.74 Å². The molecule has 6 nitrogen and oxygen atoms in total. The highest BCUT2D eigenvalue weighted by Crippen LogP contribution is 2.27. The molecule has 158 valence electrons. The number of nitrogens with zero attached hydrogens (tertiary/aromatic N) is 4. The molecule has 1 unspecified atom stereocenters. The predicted octanol–water partition coefficient (Wildman–Crippen LogP) is 4.15. The van der Waals surface area contributed by atoms with E-state index in [-0.39, 0.29) is 5.75 Å². The average Bonchev–Trinajstić information content (AvgIpc) is 3.23. The van der Waals surface area contributed by atoms with E-state index >= 15 is 0 Å². The number of ether oxygens (including phenoxy) is 1. The van der Waals surface area contributed by atoms with Crippen LogP contribution in [0.15, 0.2) is 54.7 Å². The Balaban J connectivity index is 1.31. The summed E-state index contributed by atoms with van der Waals surface area (Å²) < 4.78 is 21.3. The molecule has 0 radical (unpaired) electrons. The third-order valence-corrected chi connectivity index (χ3v) is 5.60. The fourth-order valence-electron chi connectivity index (χ4n) is 3.97. The fourth-order valence-corrected chi connectivity index (χ4v) is 3.97. The first kappa shape index (κ1) is 20.3. The number of hydrogen-bond donors (Lipinski definition) is 1. The summed E-state index contributed by atoms with van der Waals surface area (Å²) >= 11 is 0. The van der Waals surface area contributed by atoms with Crippen LogP contribution in [0.3, 0.4) is 0 Å². The number of phenolic OH excluding ortho intramolecular Hbond substituents is 1. The molecule has 0 aliphatic carbocycles. The zero-order chi connectivity index (χ0) is 20.8. The second-order valence-electron chi connectivity index (χ2n) is 7.73. The van der Waals surface area contributed by atoms with Crippen molar-refractivity contribution in [3.8, 4) is 11.5 Å². The molecule has 0 saturated carbocycles. The number of para-hydroxylation sites is 2. The van der Waals surface area contributed by atoms with Gasteiger partial charge in [0.2, 0.25) is 0 Å². The minimum Gasteiger partial charge on any atom is -0.505 e. The van der Waals surface area contributed by atoms with Crippen molar-refractivity contribution < 1.29 is 14.2 Å². The largest absolute Gasteiger partial charge is 0.505 e. The van der Waals surface area contributed by atoms with Gasteiger partial charge < -0.3 is 9.84 Å². The molecule has 1 fully saturated rings. The van der Waals surface area contributed by atoms with Crippen LogP contribution in [0.2, 0.25) is 0 Å². The monoisotopic (exact) mass is 410 g/mol. The molecule has 3 aromatic rings. The predicted molar refractivity (Wildman–Crippen MR) is 112 cm³/mol. The quantitative estimate of drug-likeness (QED) is 0.605. The molecule has 1 aliphatic rings. The van der Waals surface area contributed by atoms with E-state index in [1.165, 1.54) is 12.5 Å². The number of piperidine rings is 1. The Bertz CT molecular complexity index is 947. The zero-order valence-electron chi connectivity index (χ0n) is 17.0. The van der Waals surface area contributed by atoms with Gasteiger partial charge in [-0.05, 0) is 44.0 Å². The Morgan fingerprint density at radius 3 is 2.83 bits per heavy atom. The second kappa shape index (κ2) is 9.71. The average molecular weight is 410 g/mol. The van der Waals surface area contributed by atoms with Crippen molar-refractivity contribution >= 4 is 0 Å². The van der Waals surface area contributed by atoms with Crippen LogP contribution in [-0.2, 0) is 19.7 Å². The van der Waals surface area contributed by atoms with Crippen LogP contribution in [0.4, 0.5) is 4.39 Å². The molecule has 7 heteroatoms. The number of aromatic hydroxyl groups is 1. The summed E-state index contributed by atoms with van der Waals surface area (Å²) in [6, 6.07) is 14.8. The Morgan fingerprint density at radius 2 is 1.97 bits per heavy atom. The van der Waals surface area contributed by atoms with Crippen LogP contribution in [0, 0.1) is 5.82 Å². The zero-order valence-corrected chi connectivity index (χ0v) is 17.0. The summed E-state index contributed by atoms with van der Waals surface area (Å²) in [7, 11) is 0. The number of aryl methyl sites for hydroxylation is 1. The minimum absolute atomic E-state index is 0.235. The van der Waals surface area contributed by atoms with Crippen LogP contribution in [-0.4, -0.2) is 37.6 Å². The summed E-state index contributed by atoms with van der Waals surface area (Å²) in [4.78, 5) is 2.34. The fraction of sp³-hybridized carbons (Fsp3) is 0.391. The third-order valence-electron chi connectivity index (χ3n) is 5.60. The van der Waals surface area contributed by atoms with Gasteiger partial charge in [0.1, 0.15) is 18.1 Å². The van der Waals surface area contributed by atoms with Gasteiger partial charge in [-0.1, -0.05) is 42.0 Å². The molecule has 0 bridgehead atoms. The Labute approximate surface area is 175 Å². The second-order valence-corrected chi connectivity index (χ2v) is 7.73. The maximum atomic E-state index is 13.7. The van der Waals surface area contributed by atoms with Crippen LogP contribution in [0.25, 0.3) is 0 Å². The minimum atomic E-state index is -0.561. The van der Waals surface area contributed by atoms with Crippen molar-refractivity contribution in [2.45, 2.75) is 51.4 Å². The third kappa shape index (κ3) is 5.16. The lowest BCUT2D eigenvalue weighted by atomic mass is 9.98. The summed E-state index contributed by atoms with van der Waals surface area (Å²) in [5, 5.41) is 18.5. The van der Waals surface area contributed by atoms with Crippen LogP contribution >= 0.6 is 0 Å².